The number of hydrogen-bond donors (Lipinski definition) is 1. The second-order valence-electron chi connectivity index (χ2n) is 5.83. The number of aromatic nitrogens is 1. The number of carbonyl (C=O) groups is 1. The molecule has 142 valence electrons. The number of nitro groups is 1. The van der Waals surface area contributed by atoms with Crippen LogP contribution in [0.15, 0.2) is 65.6 Å². The Labute approximate surface area is 157 Å². The van der Waals surface area contributed by atoms with Gasteiger partial charge in [-0.25, -0.2) is 8.78 Å². The maximum Gasteiger partial charge on any atom is 0.269 e. The zero-order valence-electron chi connectivity index (χ0n) is 14.3. The molecule has 2 aromatic carbocycles. The molecule has 1 aromatic heterocycles. The molecule has 0 radical (unpaired) electrons. The van der Waals surface area contributed by atoms with Gasteiger partial charge in [-0.2, -0.15) is 0 Å². The highest BCUT2D eigenvalue weighted by Crippen LogP contribution is 2.18. The van der Waals surface area contributed by atoms with Gasteiger partial charge in [0, 0.05) is 18.3 Å². The van der Waals surface area contributed by atoms with Gasteiger partial charge in [-0.05, 0) is 29.8 Å². The van der Waals surface area contributed by atoms with Crippen molar-refractivity contribution < 1.29 is 18.5 Å². The Morgan fingerprint density at radius 3 is 2.29 bits per heavy atom. The summed E-state index contributed by atoms with van der Waals surface area (Å²) < 4.78 is 28.6. The van der Waals surface area contributed by atoms with E-state index in [0.717, 1.165) is 18.2 Å². The molecule has 0 atom stereocenters. The standard InChI is InChI=1S/C19H13F2N3O4/c20-15-4-1-5-16(21)17(15)22-18(25)14-3-2-10-23(19(14)26)11-12-6-8-13(9-7-12)24(27)28/h1-10H,11H2,(H,22,25). The van der Waals surface area contributed by atoms with E-state index in [-0.39, 0.29) is 17.8 Å². The van der Waals surface area contributed by atoms with E-state index in [1.165, 1.54) is 47.2 Å². The second-order valence-corrected chi connectivity index (χ2v) is 5.83. The molecule has 0 saturated carbocycles. The molecular weight excluding hydrogens is 372 g/mol. The smallest absolute Gasteiger partial charge is 0.269 e. The van der Waals surface area contributed by atoms with E-state index in [9.17, 15) is 28.5 Å². The van der Waals surface area contributed by atoms with Crippen LogP contribution in [0.3, 0.4) is 0 Å². The number of nitro benzene ring substituents is 1. The normalized spacial score (nSPS) is 10.5. The Kier molecular flexibility index (Phi) is 5.25. The molecule has 3 aromatic rings. The monoisotopic (exact) mass is 385 g/mol. The van der Waals surface area contributed by atoms with Gasteiger partial charge in [0.25, 0.3) is 17.2 Å². The number of hydrogen-bond acceptors (Lipinski definition) is 4. The summed E-state index contributed by atoms with van der Waals surface area (Å²) in [6, 6.07) is 11.4. The lowest BCUT2D eigenvalue weighted by Crippen LogP contribution is -2.29. The van der Waals surface area contributed by atoms with E-state index in [0.29, 0.717) is 5.56 Å². The zero-order chi connectivity index (χ0) is 20.3. The average Bonchev–Trinajstić information content (AvgIpc) is 2.67. The Morgan fingerprint density at radius 2 is 1.68 bits per heavy atom. The van der Waals surface area contributed by atoms with Gasteiger partial charge in [-0.3, -0.25) is 19.7 Å². The first-order valence-electron chi connectivity index (χ1n) is 8.05. The quantitative estimate of drug-likeness (QED) is 0.538. The largest absolute Gasteiger partial charge is 0.317 e. The van der Waals surface area contributed by atoms with Crippen molar-refractivity contribution in [1.82, 2.24) is 4.57 Å². The number of pyridine rings is 1. The maximum atomic E-state index is 13.7. The molecule has 0 fully saturated rings. The van der Waals surface area contributed by atoms with Gasteiger partial charge in [-0.15, -0.1) is 0 Å². The van der Waals surface area contributed by atoms with Crippen LogP contribution in [-0.4, -0.2) is 15.4 Å². The van der Waals surface area contributed by atoms with E-state index < -0.39 is 33.7 Å². The van der Waals surface area contributed by atoms with Gasteiger partial charge >= 0.3 is 0 Å². The highest BCUT2D eigenvalue weighted by Gasteiger charge is 2.17. The molecule has 0 aliphatic heterocycles. The number of nitrogens with one attached hydrogen (secondary N) is 1. The summed E-state index contributed by atoms with van der Waals surface area (Å²) in [6.45, 7) is 0.0615. The van der Waals surface area contributed by atoms with Crippen LogP contribution in [0.4, 0.5) is 20.2 Å². The van der Waals surface area contributed by atoms with Crippen LogP contribution in [0.2, 0.25) is 0 Å². The van der Waals surface area contributed by atoms with Crippen molar-refractivity contribution in [2.45, 2.75) is 6.54 Å². The van der Waals surface area contributed by atoms with E-state index in [2.05, 4.69) is 5.32 Å². The molecule has 0 unspecified atom stereocenters. The highest BCUT2D eigenvalue weighted by atomic mass is 19.1. The number of para-hydroxylation sites is 1. The average molecular weight is 385 g/mol. The number of rotatable bonds is 5. The molecule has 28 heavy (non-hydrogen) atoms. The van der Waals surface area contributed by atoms with E-state index in [1.54, 1.807) is 0 Å². The number of non-ortho nitro benzene ring substituents is 1. The molecule has 3 rings (SSSR count). The van der Waals surface area contributed by atoms with E-state index in [4.69, 9.17) is 0 Å². The fourth-order valence-electron chi connectivity index (χ4n) is 2.55. The van der Waals surface area contributed by atoms with E-state index in [1.807, 2.05) is 0 Å². The Bertz CT molecular complexity index is 1090. The molecule has 1 heterocycles. The topological polar surface area (TPSA) is 94.2 Å². The number of amides is 1. The van der Waals surface area contributed by atoms with Gasteiger partial charge in [0.1, 0.15) is 22.9 Å². The molecule has 1 N–H and O–H groups in total. The van der Waals surface area contributed by atoms with Crippen LogP contribution in [0.5, 0.6) is 0 Å². The van der Waals surface area contributed by atoms with Crippen molar-refractivity contribution in [1.29, 1.82) is 0 Å². The highest BCUT2D eigenvalue weighted by molar-refractivity contribution is 6.04. The van der Waals surface area contributed by atoms with Gasteiger partial charge in [-0.1, -0.05) is 18.2 Å². The third-order valence-electron chi connectivity index (χ3n) is 3.97. The summed E-state index contributed by atoms with van der Waals surface area (Å²) in [7, 11) is 0. The number of halogens is 2. The minimum Gasteiger partial charge on any atom is -0.317 e. The Morgan fingerprint density at radius 1 is 1.04 bits per heavy atom. The number of nitrogens with zero attached hydrogens (tertiary/aromatic N) is 2. The Balaban J connectivity index is 1.85. The summed E-state index contributed by atoms with van der Waals surface area (Å²) in [5, 5.41) is 12.8. The van der Waals surface area contributed by atoms with Crippen molar-refractivity contribution in [3.63, 3.8) is 0 Å². The van der Waals surface area contributed by atoms with Crippen LogP contribution in [0.25, 0.3) is 0 Å². The van der Waals surface area contributed by atoms with Crippen LogP contribution >= 0.6 is 0 Å². The fraction of sp³-hybridized carbons (Fsp3) is 0.0526. The summed E-state index contributed by atoms with van der Waals surface area (Å²) in [4.78, 5) is 35.0. The molecule has 0 saturated heterocycles. The van der Waals surface area contributed by atoms with Crippen LogP contribution in [0, 0.1) is 21.7 Å². The second kappa shape index (κ2) is 7.78. The molecular formula is C19H13F2N3O4. The molecule has 0 aliphatic carbocycles. The van der Waals surface area contributed by atoms with Crippen molar-refractivity contribution in [2.75, 3.05) is 5.32 Å². The molecule has 0 bridgehead atoms. The number of benzene rings is 2. The predicted octanol–water partition coefficient (Wildman–Crippen LogP) is 3.34. The summed E-state index contributed by atoms with van der Waals surface area (Å²) in [5.41, 5.74) is -1.10. The van der Waals surface area contributed by atoms with Crippen molar-refractivity contribution in [2.24, 2.45) is 0 Å². The van der Waals surface area contributed by atoms with Crippen LogP contribution in [-0.2, 0) is 6.54 Å². The number of carbonyl (C=O) groups excluding carboxylic acids is 1. The summed E-state index contributed by atoms with van der Waals surface area (Å²) in [6.07, 6.45) is 1.43. The van der Waals surface area contributed by atoms with Gasteiger partial charge in [0.15, 0.2) is 0 Å². The van der Waals surface area contributed by atoms with Crippen molar-refractivity contribution >= 4 is 17.3 Å². The molecule has 0 spiro atoms. The summed E-state index contributed by atoms with van der Waals surface area (Å²) >= 11 is 0. The molecule has 9 heteroatoms. The van der Waals surface area contributed by atoms with E-state index >= 15 is 0 Å². The summed E-state index contributed by atoms with van der Waals surface area (Å²) in [5.74, 6) is -2.88. The molecule has 7 nitrogen and oxygen atoms in total. The minimum absolute atomic E-state index is 0.0615. The lowest BCUT2D eigenvalue weighted by molar-refractivity contribution is -0.384. The van der Waals surface area contributed by atoms with Crippen LogP contribution in [0.1, 0.15) is 15.9 Å². The lowest BCUT2D eigenvalue weighted by atomic mass is 10.2. The SMILES string of the molecule is O=C(Nc1c(F)cccc1F)c1cccn(Cc2ccc([N+](=O)[O-])cc2)c1=O. The van der Waals surface area contributed by atoms with Gasteiger partial charge in [0.05, 0.1) is 11.5 Å². The molecule has 1 amide bonds. The lowest BCUT2D eigenvalue weighted by Gasteiger charge is -2.10. The third-order valence-corrected chi connectivity index (χ3v) is 3.97. The Hall–Kier alpha value is -3.88. The van der Waals surface area contributed by atoms with Gasteiger partial charge < -0.3 is 9.88 Å². The van der Waals surface area contributed by atoms with Crippen molar-refractivity contribution in [3.05, 3.63) is 104 Å². The van der Waals surface area contributed by atoms with Crippen LogP contribution < -0.4 is 10.9 Å². The number of anilines is 1. The molecule has 0 aliphatic rings. The maximum absolute atomic E-state index is 13.7. The minimum atomic E-state index is -0.963. The third kappa shape index (κ3) is 3.93. The first-order chi connectivity index (χ1) is 13.4. The fourth-order valence-corrected chi connectivity index (χ4v) is 2.55. The first kappa shape index (κ1) is 18.9. The van der Waals surface area contributed by atoms with Crippen molar-refractivity contribution in [3.8, 4) is 0 Å². The predicted molar refractivity (Wildman–Crippen MR) is 97.2 cm³/mol. The first-order valence-corrected chi connectivity index (χ1v) is 8.05. The van der Waals surface area contributed by atoms with Gasteiger partial charge in [0.2, 0.25) is 0 Å². The zero-order valence-corrected chi connectivity index (χ0v) is 14.3.